The van der Waals surface area contributed by atoms with E-state index in [1.54, 1.807) is 24.3 Å². The number of anilines is 1. The van der Waals surface area contributed by atoms with Crippen molar-refractivity contribution in [2.45, 2.75) is 20.8 Å². The van der Waals surface area contributed by atoms with Crippen molar-refractivity contribution in [3.05, 3.63) is 42.0 Å². The number of ether oxygens (including phenoxy) is 5. The van der Waals surface area contributed by atoms with Gasteiger partial charge >= 0.3 is 5.97 Å². The summed E-state index contributed by atoms with van der Waals surface area (Å²) in [7, 11) is 1.53. The summed E-state index contributed by atoms with van der Waals surface area (Å²) in [6, 6.07) is 9.89. The van der Waals surface area contributed by atoms with Crippen molar-refractivity contribution in [3.8, 4) is 23.0 Å². The highest BCUT2D eigenvalue weighted by Gasteiger charge is 2.20. The zero-order valence-electron chi connectivity index (χ0n) is 17.7. The summed E-state index contributed by atoms with van der Waals surface area (Å²) in [4.78, 5) is 24.6. The van der Waals surface area contributed by atoms with Gasteiger partial charge < -0.3 is 29.0 Å². The Morgan fingerprint density at radius 1 is 0.900 bits per heavy atom. The summed E-state index contributed by atoms with van der Waals surface area (Å²) in [6.07, 6.45) is 0. The van der Waals surface area contributed by atoms with Gasteiger partial charge in [-0.25, -0.2) is 4.79 Å². The van der Waals surface area contributed by atoms with Crippen molar-refractivity contribution in [1.82, 2.24) is 0 Å². The van der Waals surface area contributed by atoms with Crippen LogP contribution < -0.4 is 24.3 Å². The Kier molecular flexibility index (Phi) is 8.80. The van der Waals surface area contributed by atoms with Crippen LogP contribution in [0.25, 0.3) is 0 Å². The standard InChI is InChI=1S/C22H27NO7/c1-5-27-18-11-15(12-19(28-6-2)21(18)29-7-3)22(25)30-14-20(24)23-16-9-8-10-17(13-16)26-4/h8-13H,5-7,14H2,1-4H3,(H,23,24). The molecular weight excluding hydrogens is 390 g/mol. The predicted octanol–water partition coefficient (Wildman–Crippen LogP) is 3.69. The van der Waals surface area contributed by atoms with Gasteiger partial charge in [0.25, 0.3) is 5.91 Å². The molecule has 2 aromatic carbocycles. The molecule has 0 atom stereocenters. The van der Waals surface area contributed by atoms with Crippen LogP contribution >= 0.6 is 0 Å². The molecule has 0 fully saturated rings. The summed E-state index contributed by atoms with van der Waals surface area (Å²) < 4.78 is 27.1. The van der Waals surface area contributed by atoms with Crippen LogP contribution in [0.4, 0.5) is 5.69 Å². The lowest BCUT2D eigenvalue weighted by Crippen LogP contribution is -2.21. The van der Waals surface area contributed by atoms with Crippen LogP contribution in [-0.4, -0.2) is 45.4 Å². The zero-order valence-corrected chi connectivity index (χ0v) is 17.7. The average Bonchev–Trinajstić information content (AvgIpc) is 2.74. The molecule has 0 aliphatic heterocycles. The van der Waals surface area contributed by atoms with E-state index >= 15 is 0 Å². The Morgan fingerprint density at radius 3 is 2.10 bits per heavy atom. The Hall–Kier alpha value is -3.42. The van der Waals surface area contributed by atoms with Gasteiger partial charge in [-0.15, -0.1) is 0 Å². The van der Waals surface area contributed by atoms with Gasteiger partial charge in [0, 0.05) is 11.8 Å². The number of benzene rings is 2. The Balaban J connectivity index is 2.10. The van der Waals surface area contributed by atoms with Crippen LogP contribution in [0.1, 0.15) is 31.1 Å². The summed E-state index contributed by atoms with van der Waals surface area (Å²) in [5.74, 6) is 0.620. The highest BCUT2D eigenvalue weighted by atomic mass is 16.5. The Bertz CT molecular complexity index is 839. The lowest BCUT2D eigenvalue weighted by Gasteiger charge is -2.16. The predicted molar refractivity (Wildman–Crippen MR) is 112 cm³/mol. The van der Waals surface area contributed by atoms with Crippen LogP contribution in [0.5, 0.6) is 23.0 Å². The highest BCUT2D eigenvalue weighted by Crippen LogP contribution is 2.39. The van der Waals surface area contributed by atoms with Gasteiger partial charge in [-0.2, -0.15) is 0 Å². The molecule has 2 aromatic rings. The first-order valence-corrected chi connectivity index (χ1v) is 9.69. The fraction of sp³-hybridized carbons (Fsp3) is 0.364. The molecule has 2 rings (SSSR count). The van der Waals surface area contributed by atoms with E-state index in [-0.39, 0.29) is 5.56 Å². The van der Waals surface area contributed by atoms with Crippen molar-refractivity contribution in [2.24, 2.45) is 0 Å². The lowest BCUT2D eigenvalue weighted by molar-refractivity contribution is -0.119. The number of esters is 1. The Labute approximate surface area is 176 Å². The van der Waals surface area contributed by atoms with Crippen LogP contribution in [0.15, 0.2) is 36.4 Å². The molecule has 1 N–H and O–H groups in total. The quantitative estimate of drug-likeness (QED) is 0.558. The molecule has 0 aromatic heterocycles. The zero-order chi connectivity index (χ0) is 21.9. The molecule has 162 valence electrons. The van der Waals surface area contributed by atoms with Gasteiger partial charge in [-0.3, -0.25) is 4.79 Å². The molecule has 0 heterocycles. The van der Waals surface area contributed by atoms with Crippen LogP contribution in [0, 0.1) is 0 Å². The molecule has 0 spiro atoms. The maximum Gasteiger partial charge on any atom is 0.338 e. The van der Waals surface area contributed by atoms with Crippen molar-refractivity contribution in [3.63, 3.8) is 0 Å². The van der Waals surface area contributed by atoms with E-state index in [2.05, 4.69) is 5.32 Å². The second-order valence-corrected chi connectivity index (χ2v) is 5.96. The molecular formula is C22H27NO7. The number of methoxy groups -OCH3 is 1. The molecule has 1 amide bonds. The van der Waals surface area contributed by atoms with Gasteiger partial charge in [-0.05, 0) is 45.0 Å². The summed E-state index contributed by atoms with van der Waals surface area (Å²) in [6.45, 7) is 6.22. The van der Waals surface area contributed by atoms with Gasteiger partial charge in [0.05, 0.1) is 32.5 Å². The molecule has 30 heavy (non-hydrogen) atoms. The minimum absolute atomic E-state index is 0.194. The molecule has 0 radical (unpaired) electrons. The topological polar surface area (TPSA) is 92.3 Å². The van der Waals surface area contributed by atoms with Crippen molar-refractivity contribution in [2.75, 3.05) is 38.9 Å². The smallest absolute Gasteiger partial charge is 0.338 e. The van der Waals surface area contributed by atoms with E-state index in [1.807, 2.05) is 20.8 Å². The number of carbonyl (C=O) groups is 2. The number of rotatable bonds is 11. The van der Waals surface area contributed by atoms with E-state index in [1.165, 1.54) is 19.2 Å². The third-order valence-electron chi connectivity index (χ3n) is 3.83. The molecule has 0 saturated carbocycles. The molecule has 0 saturated heterocycles. The molecule has 8 heteroatoms. The van der Waals surface area contributed by atoms with Crippen LogP contribution in [0.2, 0.25) is 0 Å². The number of amides is 1. The molecule has 0 aliphatic rings. The van der Waals surface area contributed by atoms with Crippen LogP contribution in [0.3, 0.4) is 0 Å². The largest absolute Gasteiger partial charge is 0.497 e. The first kappa shape index (κ1) is 22.9. The van der Waals surface area contributed by atoms with Crippen molar-refractivity contribution >= 4 is 17.6 Å². The first-order valence-electron chi connectivity index (χ1n) is 9.69. The number of carbonyl (C=O) groups excluding carboxylic acids is 2. The minimum Gasteiger partial charge on any atom is -0.497 e. The second-order valence-electron chi connectivity index (χ2n) is 5.96. The third kappa shape index (κ3) is 6.30. The van der Waals surface area contributed by atoms with Crippen molar-refractivity contribution < 1.29 is 33.3 Å². The number of nitrogens with one attached hydrogen (secondary N) is 1. The maximum absolute atomic E-state index is 12.5. The third-order valence-corrected chi connectivity index (χ3v) is 3.83. The molecule has 0 unspecified atom stereocenters. The van der Waals surface area contributed by atoms with Crippen molar-refractivity contribution in [1.29, 1.82) is 0 Å². The van der Waals surface area contributed by atoms with E-state index in [0.717, 1.165) is 0 Å². The van der Waals surface area contributed by atoms with Gasteiger partial charge in [0.2, 0.25) is 5.75 Å². The minimum atomic E-state index is -0.680. The normalized spacial score (nSPS) is 10.1. The first-order chi connectivity index (χ1) is 14.5. The van der Waals surface area contributed by atoms with Gasteiger partial charge in [-0.1, -0.05) is 6.07 Å². The highest BCUT2D eigenvalue weighted by molar-refractivity contribution is 5.96. The van der Waals surface area contributed by atoms with Gasteiger partial charge in [0.1, 0.15) is 5.75 Å². The fourth-order valence-electron chi connectivity index (χ4n) is 2.62. The second kappa shape index (κ2) is 11.5. The summed E-state index contributed by atoms with van der Waals surface area (Å²) >= 11 is 0. The van der Waals surface area contributed by atoms with E-state index in [0.29, 0.717) is 48.5 Å². The monoisotopic (exact) mass is 417 g/mol. The Morgan fingerprint density at radius 2 is 1.53 bits per heavy atom. The SMILES string of the molecule is CCOc1cc(C(=O)OCC(=O)Nc2cccc(OC)c2)cc(OCC)c1OCC. The number of hydrogen-bond acceptors (Lipinski definition) is 7. The summed E-state index contributed by atoms with van der Waals surface area (Å²) in [5, 5.41) is 2.65. The fourth-order valence-corrected chi connectivity index (χ4v) is 2.62. The van der Waals surface area contributed by atoms with Gasteiger partial charge in [0.15, 0.2) is 18.1 Å². The van der Waals surface area contributed by atoms with Crippen LogP contribution in [-0.2, 0) is 9.53 Å². The lowest BCUT2D eigenvalue weighted by atomic mass is 10.2. The maximum atomic E-state index is 12.5. The average molecular weight is 417 g/mol. The van der Waals surface area contributed by atoms with E-state index in [9.17, 15) is 9.59 Å². The molecule has 0 bridgehead atoms. The number of hydrogen-bond donors (Lipinski definition) is 1. The molecule has 8 nitrogen and oxygen atoms in total. The molecule has 0 aliphatic carbocycles. The summed E-state index contributed by atoms with van der Waals surface area (Å²) in [5.41, 5.74) is 0.730. The van der Waals surface area contributed by atoms with E-state index in [4.69, 9.17) is 23.7 Å². The van der Waals surface area contributed by atoms with E-state index < -0.39 is 18.5 Å².